The van der Waals surface area contributed by atoms with Gasteiger partial charge in [-0.2, -0.15) is 0 Å². The van der Waals surface area contributed by atoms with Gasteiger partial charge in [0.05, 0.1) is 0 Å². The molecule has 0 saturated carbocycles. The van der Waals surface area contributed by atoms with E-state index in [-0.39, 0.29) is 6.03 Å². The van der Waals surface area contributed by atoms with Crippen LogP contribution in [0.25, 0.3) is 0 Å². The fourth-order valence-corrected chi connectivity index (χ4v) is 0.321. The Morgan fingerprint density at radius 1 is 1.33 bits per heavy atom. The minimum absolute atomic E-state index is 0.311. The Hall–Kier alpha value is -0.840. The summed E-state index contributed by atoms with van der Waals surface area (Å²) < 4.78 is 0. The number of thiocarbonyl (C=S) groups is 1. The predicted molar refractivity (Wildman–Crippen MR) is 39.2 cm³/mol. The Morgan fingerprint density at radius 3 is 2.22 bits per heavy atom. The molecule has 0 spiro atoms. The molecule has 0 aromatic rings. The van der Waals surface area contributed by atoms with Gasteiger partial charge in [-0.15, -0.1) is 0 Å². The van der Waals surface area contributed by atoms with Gasteiger partial charge in [-0.1, -0.05) is 0 Å². The summed E-state index contributed by atoms with van der Waals surface area (Å²) in [6.07, 6.45) is 0. The van der Waals surface area contributed by atoms with E-state index in [0.717, 1.165) is 0 Å². The van der Waals surface area contributed by atoms with Crippen molar-refractivity contribution in [2.45, 2.75) is 0 Å². The van der Waals surface area contributed by atoms with Gasteiger partial charge in [-0.05, 0) is 12.2 Å². The Kier molecular flexibility index (Phi) is 3.70. The number of urea groups is 1. The van der Waals surface area contributed by atoms with Gasteiger partial charge in [-0.3, -0.25) is 5.32 Å². The second-order valence-electron chi connectivity index (χ2n) is 1.28. The van der Waals surface area contributed by atoms with E-state index < -0.39 is 0 Å². The van der Waals surface area contributed by atoms with Gasteiger partial charge < -0.3 is 10.6 Å². The van der Waals surface area contributed by atoms with Gasteiger partial charge in [-0.25, -0.2) is 4.79 Å². The van der Waals surface area contributed by atoms with Crippen molar-refractivity contribution in [1.29, 1.82) is 0 Å². The van der Waals surface area contributed by atoms with Crippen molar-refractivity contribution in [3.63, 3.8) is 0 Å². The minimum atomic E-state index is -0.311. The molecule has 0 atom stereocenters. The Balaban J connectivity index is 3.47. The zero-order valence-corrected chi connectivity index (χ0v) is 6.13. The van der Waals surface area contributed by atoms with Crippen LogP contribution in [-0.4, -0.2) is 25.2 Å². The summed E-state index contributed by atoms with van der Waals surface area (Å²) in [7, 11) is 3.16. The second-order valence-corrected chi connectivity index (χ2v) is 1.69. The molecule has 0 aliphatic heterocycles. The molecule has 0 rings (SSSR count). The predicted octanol–water partition coefficient (Wildman–Crippen LogP) is -0.580. The Bertz CT molecular complexity index is 111. The fourth-order valence-electron chi connectivity index (χ4n) is 0.228. The van der Waals surface area contributed by atoms with Crippen LogP contribution in [0.2, 0.25) is 0 Å². The maximum absolute atomic E-state index is 10.4. The summed E-state index contributed by atoms with van der Waals surface area (Å²) in [4.78, 5) is 10.4. The van der Waals surface area contributed by atoms with Crippen LogP contribution < -0.4 is 16.0 Å². The molecule has 0 aromatic heterocycles. The third-order valence-corrected chi connectivity index (χ3v) is 0.987. The average Bonchev–Trinajstić information content (AvgIpc) is 1.87. The zero-order valence-electron chi connectivity index (χ0n) is 5.32. The van der Waals surface area contributed by atoms with Crippen molar-refractivity contribution in [2.75, 3.05) is 14.1 Å². The number of carbonyl (C=O) groups excluding carboxylic acids is 1. The van der Waals surface area contributed by atoms with Crippen molar-refractivity contribution in [3.05, 3.63) is 0 Å². The zero-order chi connectivity index (χ0) is 7.28. The molecular formula is C4H9N3OS. The molecule has 0 fully saturated rings. The number of rotatable bonds is 0. The smallest absolute Gasteiger partial charge is 0.320 e. The van der Waals surface area contributed by atoms with Crippen LogP contribution in [0.4, 0.5) is 4.79 Å². The van der Waals surface area contributed by atoms with E-state index >= 15 is 0 Å². The third-order valence-electron chi connectivity index (χ3n) is 0.681. The van der Waals surface area contributed by atoms with E-state index in [4.69, 9.17) is 0 Å². The van der Waals surface area contributed by atoms with Crippen LogP contribution in [-0.2, 0) is 0 Å². The van der Waals surface area contributed by atoms with Crippen molar-refractivity contribution in [1.82, 2.24) is 16.0 Å². The molecule has 0 aliphatic carbocycles. The van der Waals surface area contributed by atoms with E-state index in [2.05, 4.69) is 28.2 Å². The maximum Gasteiger partial charge on any atom is 0.320 e. The molecule has 0 heterocycles. The molecule has 52 valence electrons. The van der Waals surface area contributed by atoms with Crippen LogP contribution in [0, 0.1) is 0 Å². The first-order valence-electron chi connectivity index (χ1n) is 2.41. The van der Waals surface area contributed by atoms with Crippen molar-refractivity contribution in [3.8, 4) is 0 Å². The van der Waals surface area contributed by atoms with E-state index in [1.807, 2.05) is 0 Å². The quantitative estimate of drug-likeness (QED) is 0.402. The molecule has 0 aliphatic rings. The lowest BCUT2D eigenvalue weighted by molar-refractivity contribution is 0.247. The lowest BCUT2D eigenvalue weighted by Gasteiger charge is -2.02. The maximum atomic E-state index is 10.4. The SMILES string of the molecule is CNC(=O)NC(=S)NC. The van der Waals surface area contributed by atoms with Gasteiger partial charge in [0.1, 0.15) is 0 Å². The first kappa shape index (κ1) is 8.16. The highest BCUT2D eigenvalue weighted by Crippen LogP contribution is 1.63. The topological polar surface area (TPSA) is 53.2 Å². The van der Waals surface area contributed by atoms with E-state index in [1.165, 1.54) is 7.05 Å². The number of nitrogens with one attached hydrogen (secondary N) is 3. The average molecular weight is 147 g/mol. The molecule has 5 heteroatoms. The molecule has 0 radical (unpaired) electrons. The number of hydrogen-bond acceptors (Lipinski definition) is 2. The van der Waals surface area contributed by atoms with Crippen LogP contribution >= 0.6 is 12.2 Å². The largest absolute Gasteiger partial charge is 0.365 e. The summed E-state index contributed by atoms with van der Waals surface area (Å²) in [6.45, 7) is 0. The summed E-state index contributed by atoms with van der Waals surface area (Å²) in [5.41, 5.74) is 0. The molecule has 0 saturated heterocycles. The van der Waals surface area contributed by atoms with Crippen LogP contribution in [0.1, 0.15) is 0 Å². The molecule has 2 amide bonds. The summed E-state index contributed by atoms with van der Waals surface area (Å²) in [5.74, 6) is 0. The lowest BCUT2D eigenvalue weighted by atomic mass is 10.9. The van der Waals surface area contributed by atoms with Crippen molar-refractivity contribution >= 4 is 23.4 Å². The highest BCUT2D eigenvalue weighted by molar-refractivity contribution is 7.80. The molecule has 3 N–H and O–H groups in total. The summed E-state index contributed by atoms with van der Waals surface area (Å²) in [5, 5.41) is 7.61. The van der Waals surface area contributed by atoms with Gasteiger partial charge in [0.25, 0.3) is 0 Å². The fraction of sp³-hybridized carbons (Fsp3) is 0.500. The third kappa shape index (κ3) is 3.72. The minimum Gasteiger partial charge on any atom is -0.365 e. The Labute approximate surface area is 59.0 Å². The highest BCUT2D eigenvalue weighted by Gasteiger charge is 1.95. The standard InChI is InChI=1S/C4H9N3OS/c1-5-3(8)7-4(9)6-2/h1-2H3,(H3,5,6,7,8,9). The van der Waals surface area contributed by atoms with Gasteiger partial charge in [0.2, 0.25) is 0 Å². The van der Waals surface area contributed by atoms with Crippen LogP contribution in [0.5, 0.6) is 0 Å². The van der Waals surface area contributed by atoms with Crippen LogP contribution in [0.15, 0.2) is 0 Å². The normalized spacial score (nSPS) is 7.78. The second kappa shape index (κ2) is 4.08. The first-order chi connectivity index (χ1) is 4.20. The molecule has 4 nitrogen and oxygen atoms in total. The molecular weight excluding hydrogens is 138 g/mol. The van der Waals surface area contributed by atoms with Gasteiger partial charge >= 0.3 is 6.03 Å². The molecule has 9 heavy (non-hydrogen) atoms. The lowest BCUT2D eigenvalue weighted by Crippen LogP contribution is -2.41. The Morgan fingerprint density at radius 2 is 1.89 bits per heavy atom. The number of carbonyl (C=O) groups is 1. The van der Waals surface area contributed by atoms with Crippen molar-refractivity contribution in [2.24, 2.45) is 0 Å². The summed E-state index contributed by atoms with van der Waals surface area (Å²) in [6, 6.07) is -0.311. The van der Waals surface area contributed by atoms with Gasteiger partial charge in [0, 0.05) is 14.1 Å². The monoisotopic (exact) mass is 147 g/mol. The van der Waals surface area contributed by atoms with E-state index in [9.17, 15) is 4.79 Å². The molecule has 0 unspecified atom stereocenters. The first-order valence-corrected chi connectivity index (χ1v) is 2.82. The van der Waals surface area contributed by atoms with Gasteiger partial charge in [0.15, 0.2) is 5.11 Å². The van der Waals surface area contributed by atoms with Crippen LogP contribution in [0.3, 0.4) is 0 Å². The van der Waals surface area contributed by atoms with E-state index in [1.54, 1.807) is 7.05 Å². The van der Waals surface area contributed by atoms with Crippen molar-refractivity contribution < 1.29 is 4.79 Å². The molecule has 0 bridgehead atoms. The van der Waals surface area contributed by atoms with E-state index in [0.29, 0.717) is 5.11 Å². The number of hydrogen-bond donors (Lipinski definition) is 3. The molecule has 0 aromatic carbocycles. The highest BCUT2D eigenvalue weighted by atomic mass is 32.1. The number of amides is 2. The summed E-state index contributed by atoms with van der Waals surface area (Å²) >= 11 is 4.61.